The monoisotopic (exact) mass is 413 g/mol. The Balaban J connectivity index is 7.39. The first-order valence-electron chi connectivity index (χ1n) is 5.45. The zero-order valence-electron chi connectivity index (χ0n) is 11.6. The predicted molar refractivity (Wildman–Crippen MR) is 49.1 cm³/mol. The van der Waals surface area contributed by atoms with Crippen molar-refractivity contribution in [2.45, 2.75) is 36.4 Å². The Bertz CT molecular complexity index is 465. The van der Waals surface area contributed by atoms with Crippen molar-refractivity contribution in [1.29, 1.82) is 0 Å². The highest BCUT2D eigenvalue weighted by Crippen LogP contribution is 2.70. The summed E-state index contributed by atoms with van der Waals surface area (Å²) in [6.45, 7) is 0. The van der Waals surface area contributed by atoms with Crippen molar-refractivity contribution in [2.24, 2.45) is 5.41 Å². The van der Waals surface area contributed by atoms with Crippen LogP contribution in [0.25, 0.3) is 0 Å². The highest BCUT2D eigenvalue weighted by Gasteiger charge is 2.99. The van der Waals surface area contributed by atoms with Gasteiger partial charge in [0.05, 0.1) is 0 Å². The molecule has 0 spiro atoms. The normalized spacial score (nSPS) is 16.6. The summed E-state index contributed by atoms with van der Waals surface area (Å²) in [5, 5.41) is 0. The number of rotatable bonds is 4. The maximum atomic E-state index is 13.6. The van der Waals surface area contributed by atoms with E-state index in [0.29, 0.717) is 0 Å². The molecule has 0 aliphatic carbocycles. The molecule has 0 saturated carbocycles. The number of halogens is 15. The van der Waals surface area contributed by atoms with E-state index in [1.165, 1.54) is 0 Å². The van der Waals surface area contributed by atoms with Crippen molar-refractivity contribution in [2.75, 3.05) is 14.1 Å². The Labute approximate surface area is 128 Å². The fourth-order valence-electron chi connectivity index (χ4n) is 1.80. The first kappa shape index (κ1) is 23.9. The van der Waals surface area contributed by atoms with Gasteiger partial charge in [0.2, 0.25) is 0 Å². The first-order valence-corrected chi connectivity index (χ1v) is 5.45. The molecule has 25 heavy (non-hydrogen) atoms. The summed E-state index contributed by atoms with van der Waals surface area (Å²) >= 11 is 0. The van der Waals surface area contributed by atoms with Crippen LogP contribution in [0.5, 0.6) is 0 Å². The molecule has 0 bridgehead atoms. The second-order valence-corrected chi connectivity index (χ2v) is 4.83. The van der Waals surface area contributed by atoms with Crippen molar-refractivity contribution in [3.63, 3.8) is 0 Å². The summed E-state index contributed by atoms with van der Waals surface area (Å²) in [6.07, 6.45) is -23.7. The second-order valence-electron chi connectivity index (χ2n) is 4.83. The Hall–Kier alpha value is -1.09. The third-order valence-corrected chi connectivity index (χ3v) is 3.08. The van der Waals surface area contributed by atoms with Gasteiger partial charge in [0.25, 0.3) is 0 Å². The maximum Gasteiger partial charge on any atom is 0.459 e. The molecule has 0 aromatic carbocycles. The smallest absolute Gasteiger partial charge is 0.249 e. The van der Waals surface area contributed by atoms with Gasteiger partial charge in [-0.15, -0.1) is 0 Å². The quantitative estimate of drug-likeness (QED) is 0.459. The summed E-state index contributed by atoms with van der Waals surface area (Å²) in [5.41, 5.74) is -8.08. The molecular weight excluding hydrogens is 407 g/mol. The topological polar surface area (TPSA) is 3.24 Å². The second kappa shape index (κ2) is 5.70. The van der Waals surface area contributed by atoms with E-state index in [9.17, 15) is 65.9 Å². The summed E-state index contributed by atoms with van der Waals surface area (Å²) in [4.78, 5) is -1.49. The van der Waals surface area contributed by atoms with Crippen LogP contribution in [0.2, 0.25) is 0 Å². The van der Waals surface area contributed by atoms with Gasteiger partial charge in [0.15, 0.2) is 0 Å². The van der Waals surface area contributed by atoms with E-state index in [0.717, 1.165) is 0 Å². The molecule has 0 radical (unpaired) electrons. The fraction of sp³-hybridized carbons (Fsp3) is 1.00. The molecule has 0 aromatic heterocycles. The minimum atomic E-state index is -8.37. The van der Waals surface area contributed by atoms with Crippen LogP contribution in [-0.2, 0) is 0 Å². The molecule has 1 nitrogen and oxygen atoms in total. The zero-order valence-corrected chi connectivity index (χ0v) is 11.6. The zero-order chi connectivity index (χ0) is 21.1. The van der Waals surface area contributed by atoms with Crippen LogP contribution in [0.3, 0.4) is 0 Å². The third kappa shape index (κ3) is 2.89. The van der Waals surface area contributed by atoms with Crippen molar-refractivity contribution < 1.29 is 65.9 Å². The van der Waals surface area contributed by atoms with Gasteiger partial charge in [-0.2, -0.15) is 65.9 Å². The van der Waals surface area contributed by atoms with Gasteiger partial charge < -0.3 is 0 Å². The number of hydrogen-bond acceptors (Lipinski definition) is 1. The molecule has 0 unspecified atom stereocenters. The van der Waals surface area contributed by atoms with Crippen LogP contribution in [0.1, 0.15) is 0 Å². The van der Waals surface area contributed by atoms with Crippen LogP contribution < -0.4 is 0 Å². The lowest BCUT2D eigenvalue weighted by Crippen LogP contribution is -2.78. The number of nitrogens with zero attached hydrogens (tertiary/aromatic N) is 1. The number of alkyl halides is 15. The summed E-state index contributed by atoms with van der Waals surface area (Å²) in [7, 11) is -0.706. The van der Waals surface area contributed by atoms with Crippen LogP contribution in [0.4, 0.5) is 65.9 Å². The molecule has 0 heterocycles. The van der Waals surface area contributed by atoms with E-state index in [4.69, 9.17) is 0 Å². The van der Waals surface area contributed by atoms with E-state index in [2.05, 4.69) is 0 Å². The van der Waals surface area contributed by atoms with Gasteiger partial charge in [-0.05, 0) is 14.1 Å². The Morgan fingerprint density at radius 1 is 0.440 bits per heavy atom. The molecular formula is C9H6F15N. The molecule has 0 rings (SSSR count). The fourth-order valence-corrected chi connectivity index (χ4v) is 1.80. The minimum Gasteiger partial charge on any atom is -0.249 e. The van der Waals surface area contributed by atoms with Crippen molar-refractivity contribution >= 4 is 0 Å². The third-order valence-electron chi connectivity index (χ3n) is 3.08. The van der Waals surface area contributed by atoms with Crippen molar-refractivity contribution in [1.82, 2.24) is 4.90 Å². The van der Waals surface area contributed by atoms with Gasteiger partial charge in [0.1, 0.15) is 0 Å². The molecule has 0 saturated heterocycles. The molecule has 0 aromatic rings. The van der Waals surface area contributed by atoms with Crippen LogP contribution >= 0.6 is 0 Å². The van der Waals surface area contributed by atoms with Crippen molar-refractivity contribution in [3.05, 3.63) is 0 Å². The van der Waals surface area contributed by atoms with Gasteiger partial charge in [-0.1, -0.05) is 0 Å². The Morgan fingerprint density at radius 3 is 0.880 bits per heavy atom. The summed E-state index contributed by atoms with van der Waals surface area (Å²) < 4.78 is 192. The van der Waals surface area contributed by atoms with Gasteiger partial charge >= 0.3 is 41.8 Å². The lowest BCUT2D eigenvalue weighted by Gasteiger charge is -2.49. The molecule has 16 heteroatoms. The highest BCUT2D eigenvalue weighted by atomic mass is 19.4. The van der Waals surface area contributed by atoms with Gasteiger partial charge in [-0.3, -0.25) is 0 Å². The Morgan fingerprint density at radius 2 is 0.720 bits per heavy atom. The molecule has 0 N–H and O–H groups in total. The van der Waals surface area contributed by atoms with E-state index in [-0.39, 0.29) is 14.1 Å². The average Bonchev–Trinajstić information content (AvgIpc) is 2.21. The van der Waals surface area contributed by atoms with Gasteiger partial charge in [0, 0.05) is 0 Å². The molecule has 152 valence electrons. The lowest BCUT2D eigenvalue weighted by atomic mass is 9.73. The van der Waals surface area contributed by atoms with E-state index < -0.39 is 46.7 Å². The van der Waals surface area contributed by atoms with Crippen LogP contribution in [0, 0.1) is 5.41 Å². The lowest BCUT2D eigenvalue weighted by molar-refractivity contribution is -0.509. The van der Waals surface area contributed by atoms with Gasteiger partial charge in [-0.25, -0.2) is 4.90 Å². The predicted octanol–water partition coefficient (Wildman–Crippen LogP) is 5.08. The van der Waals surface area contributed by atoms with Crippen LogP contribution in [0.15, 0.2) is 0 Å². The SMILES string of the molecule is CN(C)C(F)(F)C(C(F)(F)F)(C(F)(F)F)C(F)(F)C(F)(F)C(F)(F)F. The van der Waals surface area contributed by atoms with Crippen LogP contribution in [-0.4, -0.2) is 55.4 Å². The Kier molecular flexibility index (Phi) is 5.46. The highest BCUT2D eigenvalue weighted by molar-refractivity contribution is 5.16. The molecule has 0 aliphatic rings. The van der Waals surface area contributed by atoms with E-state index in [1.54, 1.807) is 0 Å². The van der Waals surface area contributed by atoms with E-state index >= 15 is 0 Å². The molecule has 0 aliphatic heterocycles. The summed E-state index contributed by atoms with van der Waals surface area (Å²) in [5.74, 6) is -16.5. The first-order chi connectivity index (χ1) is 10.4. The average molecular weight is 413 g/mol. The molecule has 0 amide bonds. The maximum absolute atomic E-state index is 13.6. The number of hydrogen-bond donors (Lipinski definition) is 0. The van der Waals surface area contributed by atoms with E-state index in [1.807, 2.05) is 0 Å². The summed E-state index contributed by atoms with van der Waals surface area (Å²) in [6, 6.07) is -6.96. The minimum absolute atomic E-state index is 0.353. The standard InChI is InChI=1S/C9H6F15N/c1-25(2)9(23,24)3(6(14,15)16,7(17,18)19)4(10,11)5(12,13)8(20,21)22/h1-2H3. The van der Waals surface area contributed by atoms with Crippen molar-refractivity contribution in [3.8, 4) is 0 Å². The largest absolute Gasteiger partial charge is 0.459 e. The molecule has 0 atom stereocenters. The molecule has 0 fully saturated rings.